The number of aliphatic imine (C=N–C) groups is 1. The second-order valence-corrected chi connectivity index (χ2v) is 5.27. The van der Waals surface area contributed by atoms with Gasteiger partial charge in [0.1, 0.15) is 0 Å². The molecule has 0 saturated heterocycles. The molecule has 2 N–H and O–H groups in total. The third kappa shape index (κ3) is 13.6. The van der Waals surface area contributed by atoms with Crippen molar-refractivity contribution in [2.45, 2.75) is 39.5 Å². The van der Waals surface area contributed by atoms with E-state index in [9.17, 15) is 0 Å². The van der Waals surface area contributed by atoms with Crippen molar-refractivity contribution in [3.8, 4) is 0 Å². The summed E-state index contributed by atoms with van der Waals surface area (Å²) in [6.45, 7) is 8.57. The number of methoxy groups -OCH3 is 1. The monoisotopic (exact) mass is 287 g/mol. The number of unbranched alkanes of at least 4 members (excludes halogenated alkanes) is 1. The molecule has 0 fully saturated rings. The summed E-state index contributed by atoms with van der Waals surface area (Å²) in [7, 11) is 3.50. The largest absolute Gasteiger partial charge is 0.382 e. The quantitative estimate of drug-likeness (QED) is 0.328. The van der Waals surface area contributed by atoms with E-state index in [-0.39, 0.29) is 0 Å². The van der Waals surface area contributed by atoms with E-state index in [1.165, 1.54) is 12.8 Å². The number of guanidine groups is 1. The van der Waals surface area contributed by atoms with Crippen LogP contribution in [-0.4, -0.2) is 53.0 Å². The molecule has 0 spiro atoms. The molecule has 120 valence electrons. The average molecular weight is 287 g/mol. The molecule has 0 aromatic heterocycles. The lowest BCUT2D eigenvalue weighted by atomic mass is 10.1. The maximum absolute atomic E-state index is 5.41. The molecule has 0 atom stereocenters. The third-order valence-electron chi connectivity index (χ3n) is 2.91. The fourth-order valence-corrected chi connectivity index (χ4v) is 1.72. The van der Waals surface area contributed by atoms with E-state index in [2.05, 4.69) is 29.5 Å². The van der Waals surface area contributed by atoms with E-state index in [4.69, 9.17) is 9.47 Å². The molecular weight excluding hydrogens is 254 g/mol. The van der Waals surface area contributed by atoms with Crippen molar-refractivity contribution in [1.29, 1.82) is 0 Å². The van der Waals surface area contributed by atoms with Crippen molar-refractivity contribution < 1.29 is 9.47 Å². The van der Waals surface area contributed by atoms with E-state index in [0.29, 0.717) is 13.2 Å². The van der Waals surface area contributed by atoms with E-state index in [1.54, 1.807) is 7.11 Å². The lowest BCUT2D eigenvalue weighted by Crippen LogP contribution is -2.38. The van der Waals surface area contributed by atoms with Crippen LogP contribution >= 0.6 is 0 Å². The van der Waals surface area contributed by atoms with Gasteiger partial charge < -0.3 is 20.1 Å². The minimum absolute atomic E-state index is 0.672. The molecule has 0 aliphatic heterocycles. The van der Waals surface area contributed by atoms with Gasteiger partial charge in [0, 0.05) is 33.9 Å². The van der Waals surface area contributed by atoms with Gasteiger partial charge in [-0.2, -0.15) is 0 Å². The van der Waals surface area contributed by atoms with Gasteiger partial charge >= 0.3 is 0 Å². The molecule has 0 saturated carbocycles. The number of nitrogens with one attached hydrogen (secondary N) is 2. The summed E-state index contributed by atoms with van der Waals surface area (Å²) in [5.74, 6) is 1.67. The Hall–Kier alpha value is -0.810. The molecule has 0 aromatic carbocycles. The SMILES string of the molecule is CN=C(NCCCCOCCOC)NCCCC(C)C. The fraction of sp³-hybridized carbons (Fsp3) is 0.933. The minimum Gasteiger partial charge on any atom is -0.382 e. The number of ether oxygens (including phenoxy) is 2. The predicted molar refractivity (Wildman–Crippen MR) is 85.4 cm³/mol. The summed E-state index contributed by atoms with van der Waals surface area (Å²) in [5, 5.41) is 6.65. The van der Waals surface area contributed by atoms with Gasteiger partial charge in [-0.15, -0.1) is 0 Å². The van der Waals surface area contributed by atoms with E-state index in [0.717, 1.165) is 44.4 Å². The molecular formula is C15H33N3O2. The van der Waals surface area contributed by atoms with Gasteiger partial charge in [0.05, 0.1) is 13.2 Å². The van der Waals surface area contributed by atoms with Crippen molar-refractivity contribution in [3.63, 3.8) is 0 Å². The van der Waals surface area contributed by atoms with Crippen LogP contribution in [0.3, 0.4) is 0 Å². The number of rotatable bonds is 12. The van der Waals surface area contributed by atoms with Crippen molar-refractivity contribution >= 4 is 5.96 Å². The molecule has 0 aliphatic carbocycles. The van der Waals surface area contributed by atoms with E-state index >= 15 is 0 Å². The Bertz CT molecular complexity index is 233. The smallest absolute Gasteiger partial charge is 0.190 e. The van der Waals surface area contributed by atoms with Crippen molar-refractivity contribution in [2.75, 3.05) is 47.1 Å². The molecule has 0 heterocycles. The molecule has 0 radical (unpaired) electrons. The predicted octanol–water partition coefficient (Wildman–Crippen LogP) is 2.03. The van der Waals surface area contributed by atoms with Crippen molar-refractivity contribution in [1.82, 2.24) is 10.6 Å². The molecule has 0 rings (SSSR count). The number of hydrogen-bond acceptors (Lipinski definition) is 3. The zero-order valence-electron chi connectivity index (χ0n) is 13.7. The first kappa shape index (κ1) is 19.2. The summed E-state index contributed by atoms with van der Waals surface area (Å²) in [4.78, 5) is 4.21. The van der Waals surface area contributed by atoms with E-state index in [1.807, 2.05) is 7.05 Å². The fourth-order valence-electron chi connectivity index (χ4n) is 1.72. The van der Waals surface area contributed by atoms with Crippen LogP contribution in [-0.2, 0) is 9.47 Å². The molecule has 0 unspecified atom stereocenters. The molecule has 0 bridgehead atoms. The number of nitrogens with zero attached hydrogens (tertiary/aromatic N) is 1. The highest BCUT2D eigenvalue weighted by Gasteiger charge is 1.98. The van der Waals surface area contributed by atoms with Gasteiger partial charge in [-0.05, 0) is 31.6 Å². The Kier molecular flexibility index (Phi) is 14.0. The van der Waals surface area contributed by atoms with Gasteiger partial charge in [-0.25, -0.2) is 0 Å². The Morgan fingerprint density at radius 1 is 1.00 bits per heavy atom. The maximum atomic E-state index is 5.41. The van der Waals surface area contributed by atoms with Crippen molar-refractivity contribution in [2.24, 2.45) is 10.9 Å². The molecule has 20 heavy (non-hydrogen) atoms. The van der Waals surface area contributed by atoms with Crippen LogP contribution in [0, 0.1) is 5.92 Å². The zero-order valence-corrected chi connectivity index (χ0v) is 13.7. The van der Waals surface area contributed by atoms with E-state index < -0.39 is 0 Å². The first-order valence-corrected chi connectivity index (χ1v) is 7.72. The van der Waals surface area contributed by atoms with Crippen LogP contribution in [0.5, 0.6) is 0 Å². The second kappa shape index (κ2) is 14.6. The molecule has 0 aliphatic rings. The molecule has 5 heteroatoms. The molecule has 5 nitrogen and oxygen atoms in total. The second-order valence-electron chi connectivity index (χ2n) is 5.27. The lowest BCUT2D eigenvalue weighted by Gasteiger charge is -2.12. The summed E-state index contributed by atoms with van der Waals surface area (Å²) in [6, 6.07) is 0. The highest BCUT2D eigenvalue weighted by Crippen LogP contribution is 2.01. The van der Waals surface area contributed by atoms with Crippen LogP contribution in [0.1, 0.15) is 39.5 Å². The first-order valence-electron chi connectivity index (χ1n) is 7.72. The summed E-state index contributed by atoms with van der Waals surface area (Å²) in [6.07, 6.45) is 4.58. The van der Waals surface area contributed by atoms with Crippen LogP contribution in [0.25, 0.3) is 0 Å². The minimum atomic E-state index is 0.672. The summed E-state index contributed by atoms with van der Waals surface area (Å²) < 4.78 is 10.3. The maximum Gasteiger partial charge on any atom is 0.190 e. The van der Waals surface area contributed by atoms with Gasteiger partial charge in [-0.3, -0.25) is 4.99 Å². The third-order valence-corrected chi connectivity index (χ3v) is 2.91. The molecule has 0 aromatic rings. The average Bonchev–Trinajstić information content (AvgIpc) is 2.43. The van der Waals surface area contributed by atoms with Crippen molar-refractivity contribution in [3.05, 3.63) is 0 Å². The van der Waals surface area contributed by atoms with Crippen LogP contribution in [0.4, 0.5) is 0 Å². The Morgan fingerprint density at radius 2 is 1.70 bits per heavy atom. The van der Waals surface area contributed by atoms with Gasteiger partial charge in [0.2, 0.25) is 0 Å². The topological polar surface area (TPSA) is 54.9 Å². The van der Waals surface area contributed by atoms with Crippen LogP contribution < -0.4 is 10.6 Å². The van der Waals surface area contributed by atoms with Crippen LogP contribution in [0.15, 0.2) is 4.99 Å². The highest BCUT2D eigenvalue weighted by atomic mass is 16.5. The van der Waals surface area contributed by atoms with Crippen LogP contribution in [0.2, 0.25) is 0 Å². The van der Waals surface area contributed by atoms with Gasteiger partial charge in [0.25, 0.3) is 0 Å². The molecule has 0 amide bonds. The van der Waals surface area contributed by atoms with Gasteiger partial charge in [0.15, 0.2) is 5.96 Å². The summed E-state index contributed by atoms with van der Waals surface area (Å²) in [5.41, 5.74) is 0. The van der Waals surface area contributed by atoms with Gasteiger partial charge in [-0.1, -0.05) is 13.8 Å². The Morgan fingerprint density at radius 3 is 2.30 bits per heavy atom. The zero-order chi connectivity index (χ0) is 15.1. The highest BCUT2D eigenvalue weighted by molar-refractivity contribution is 5.79. The summed E-state index contributed by atoms with van der Waals surface area (Å²) >= 11 is 0. The Balaban J connectivity index is 3.37. The Labute approximate surface area is 124 Å². The lowest BCUT2D eigenvalue weighted by molar-refractivity contribution is 0.0689. The standard InChI is InChI=1S/C15H33N3O2/c1-14(2)8-7-10-18-15(16-3)17-9-5-6-11-20-13-12-19-4/h14H,5-13H2,1-4H3,(H2,16,17,18). The number of hydrogen-bond donors (Lipinski definition) is 2. The normalized spacial score (nSPS) is 11.9. The first-order chi connectivity index (χ1) is 9.70.